The summed E-state index contributed by atoms with van der Waals surface area (Å²) in [5.74, 6) is 1.02. The molecule has 2 aromatic heterocycles. The number of aryl methyl sites for hydroxylation is 1. The summed E-state index contributed by atoms with van der Waals surface area (Å²) >= 11 is 0. The minimum absolute atomic E-state index is 0.0923. The zero-order valence-electron chi connectivity index (χ0n) is 16.4. The van der Waals surface area contributed by atoms with Crippen molar-refractivity contribution in [3.8, 4) is 17.1 Å². The largest absolute Gasteiger partial charge is 0.497 e. The van der Waals surface area contributed by atoms with E-state index in [0.29, 0.717) is 35.7 Å². The lowest BCUT2D eigenvalue weighted by Crippen LogP contribution is -2.35. The first-order valence-electron chi connectivity index (χ1n) is 9.61. The topological polar surface area (TPSA) is 84.2 Å². The molecule has 1 fully saturated rings. The zero-order chi connectivity index (χ0) is 20.4. The van der Waals surface area contributed by atoms with E-state index < -0.39 is 0 Å². The normalized spacial score (nSPS) is 17.4. The maximum Gasteiger partial charge on any atom is 0.264 e. The van der Waals surface area contributed by atoms with E-state index >= 15 is 0 Å². The number of methoxy groups -OCH3 is 1. The summed E-state index contributed by atoms with van der Waals surface area (Å²) in [6.45, 7) is 3.89. The minimum Gasteiger partial charge on any atom is -0.497 e. The summed E-state index contributed by atoms with van der Waals surface area (Å²) in [6.07, 6.45) is 1.88. The van der Waals surface area contributed by atoms with Gasteiger partial charge in [0.2, 0.25) is 0 Å². The summed E-state index contributed by atoms with van der Waals surface area (Å²) in [4.78, 5) is 14.1. The predicted octanol–water partition coefficient (Wildman–Crippen LogP) is 3.26. The number of hydrogen-bond donors (Lipinski definition) is 1. The molecule has 1 atom stereocenters. The zero-order valence-corrected chi connectivity index (χ0v) is 16.4. The van der Waals surface area contributed by atoms with E-state index in [1.54, 1.807) is 25.3 Å². The van der Waals surface area contributed by atoms with Crippen molar-refractivity contribution in [3.05, 3.63) is 63.5 Å². The van der Waals surface area contributed by atoms with E-state index in [0.717, 1.165) is 30.8 Å². The van der Waals surface area contributed by atoms with Gasteiger partial charge in [-0.25, -0.2) is 9.49 Å². The average molecular weight is 398 g/mol. The molecule has 8 heteroatoms. The molecule has 1 aliphatic heterocycles. The van der Waals surface area contributed by atoms with Crippen molar-refractivity contribution in [2.24, 2.45) is 0 Å². The average Bonchev–Trinajstić information content (AvgIpc) is 3.16. The first kappa shape index (κ1) is 19.3. The molecule has 3 aromatic rings. The molecule has 7 nitrogen and oxygen atoms in total. The molecule has 4 rings (SSSR count). The lowest BCUT2D eigenvalue weighted by molar-refractivity contribution is 0.195. The van der Waals surface area contributed by atoms with Crippen molar-refractivity contribution in [3.63, 3.8) is 0 Å². The molecule has 0 spiro atoms. The summed E-state index contributed by atoms with van der Waals surface area (Å²) < 4.78 is 24.9. The van der Waals surface area contributed by atoms with Crippen LogP contribution in [0.4, 0.5) is 4.39 Å². The molecule has 0 amide bonds. The van der Waals surface area contributed by atoms with Gasteiger partial charge in [0, 0.05) is 42.3 Å². The molecule has 1 saturated heterocycles. The number of benzene rings is 1. The van der Waals surface area contributed by atoms with Crippen molar-refractivity contribution >= 4 is 0 Å². The first-order valence-corrected chi connectivity index (χ1v) is 9.61. The fourth-order valence-electron chi connectivity index (χ4n) is 3.87. The minimum atomic E-state index is -0.288. The van der Waals surface area contributed by atoms with Crippen LogP contribution in [0.5, 0.6) is 5.75 Å². The lowest BCUT2D eigenvalue weighted by Gasteiger charge is -2.33. The Morgan fingerprint density at radius 3 is 2.97 bits per heavy atom. The van der Waals surface area contributed by atoms with Gasteiger partial charge in [0.1, 0.15) is 11.6 Å². The van der Waals surface area contributed by atoms with E-state index in [9.17, 15) is 9.18 Å². The number of likely N-dealkylation sites (tertiary alicyclic amines) is 1. The van der Waals surface area contributed by atoms with Crippen LogP contribution in [0, 0.1) is 12.7 Å². The van der Waals surface area contributed by atoms with E-state index in [1.165, 1.54) is 12.1 Å². The second kappa shape index (κ2) is 8.16. The number of rotatable bonds is 5. The number of H-pyrrole nitrogens is 1. The molecule has 0 unspecified atom stereocenters. The Labute approximate surface area is 167 Å². The Kier molecular flexibility index (Phi) is 5.44. The molecule has 0 bridgehead atoms. The quantitative estimate of drug-likeness (QED) is 0.710. The van der Waals surface area contributed by atoms with E-state index in [-0.39, 0.29) is 17.3 Å². The lowest BCUT2D eigenvalue weighted by atomic mass is 9.91. The highest BCUT2D eigenvalue weighted by Crippen LogP contribution is 2.33. The predicted molar refractivity (Wildman–Crippen MR) is 105 cm³/mol. The Balaban J connectivity index is 1.59. The van der Waals surface area contributed by atoms with Crippen LogP contribution >= 0.6 is 0 Å². The summed E-state index contributed by atoms with van der Waals surface area (Å²) in [5, 5.41) is 10.8. The van der Waals surface area contributed by atoms with Crippen LogP contribution in [-0.4, -0.2) is 40.5 Å². The van der Waals surface area contributed by atoms with Crippen LogP contribution in [-0.2, 0) is 6.54 Å². The molecule has 3 heterocycles. The highest BCUT2D eigenvalue weighted by molar-refractivity contribution is 5.60. The number of aromatic amines is 1. The molecule has 0 aliphatic carbocycles. The van der Waals surface area contributed by atoms with Gasteiger partial charge >= 0.3 is 0 Å². The number of piperidine rings is 1. The second-order valence-corrected chi connectivity index (χ2v) is 7.40. The standard InChI is InChI=1S/C21H23FN4O3/c1-13-8-19(29-25-13)17-10-20(27)23-24-21(17)14-4-3-7-26(11-14)12-15-9-16(28-2)5-6-18(15)22/h5-6,8-10,14H,3-4,7,11-12H2,1-2H3,(H,23,27)/t14-/m0/s1. The second-order valence-electron chi connectivity index (χ2n) is 7.40. The van der Waals surface area contributed by atoms with Crippen LogP contribution in [0.3, 0.4) is 0 Å². The van der Waals surface area contributed by atoms with Gasteiger partial charge in [-0.2, -0.15) is 5.10 Å². The molecule has 0 saturated carbocycles. The molecule has 1 aliphatic rings. The number of hydrogen-bond acceptors (Lipinski definition) is 6. The van der Waals surface area contributed by atoms with Crippen molar-refractivity contribution in [2.75, 3.05) is 20.2 Å². The molecule has 1 N–H and O–H groups in total. The third-order valence-electron chi connectivity index (χ3n) is 5.27. The Bertz CT molecular complexity index is 1060. The van der Waals surface area contributed by atoms with Gasteiger partial charge in [-0.3, -0.25) is 9.69 Å². The molecule has 0 radical (unpaired) electrons. The number of halogens is 1. The Morgan fingerprint density at radius 2 is 2.21 bits per heavy atom. The van der Waals surface area contributed by atoms with Crippen molar-refractivity contribution < 1.29 is 13.7 Å². The van der Waals surface area contributed by atoms with Gasteiger partial charge in [-0.05, 0) is 44.5 Å². The van der Waals surface area contributed by atoms with Gasteiger partial charge in [0.05, 0.1) is 18.5 Å². The van der Waals surface area contributed by atoms with Crippen LogP contribution in [0.1, 0.15) is 35.7 Å². The molecule has 1 aromatic carbocycles. The van der Waals surface area contributed by atoms with Gasteiger partial charge in [0.15, 0.2) is 5.76 Å². The summed E-state index contributed by atoms with van der Waals surface area (Å²) in [7, 11) is 1.57. The van der Waals surface area contributed by atoms with Gasteiger partial charge in [0.25, 0.3) is 5.56 Å². The van der Waals surface area contributed by atoms with Crippen LogP contribution in [0.15, 0.2) is 39.6 Å². The van der Waals surface area contributed by atoms with E-state index in [2.05, 4.69) is 20.3 Å². The van der Waals surface area contributed by atoms with E-state index in [4.69, 9.17) is 9.26 Å². The van der Waals surface area contributed by atoms with Gasteiger partial charge in [-0.15, -0.1) is 0 Å². The maximum absolute atomic E-state index is 14.3. The van der Waals surface area contributed by atoms with Crippen LogP contribution in [0.25, 0.3) is 11.3 Å². The van der Waals surface area contributed by atoms with Crippen LogP contribution < -0.4 is 10.3 Å². The highest BCUT2D eigenvalue weighted by Gasteiger charge is 2.27. The van der Waals surface area contributed by atoms with Crippen molar-refractivity contribution in [1.82, 2.24) is 20.3 Å². The van der Waals surface area contributed by atoms with Crippen LogP contribution in [0.2, 0.25) is 0 Å². The van der Waals surface area contributed by atoms with Crippen molar-refractivity contribution in [2.45, 2.75) is 32.2 Å². The smallest absolute Gasteiger partial charge is 0.264 e. The number of ether oxygens (including phenoxy) is 1. The molecule has 152 valence electrons. The number of aromatic nitrogens is 3. The maximum atomic E-state index is 14.3. The third kappa shape index (κ3) is 4.22. The molecule has 29 heavy (non-hydrogen) atoms. The first-order chi connectivity index (χ1) is 14.0. The van der Waals surface area contributed by atoms with Gasteiger partial charge in [-0.1, -0.05) is 5.16 Å². The monoisotopic (exact) mass is 398 g/mol. The summed E-state index contributed by atoms with van der Waals surface area (Å²) in [5.41, 5.74) is 2.49. The van der Waals surface area contributed by atoms with Crippen molar-refractivity contribution in [1.29, 1.82) is 0 Å². The molecular weight excluding hydrogens is 375 g/mol. The SMILES string of the molecule is COc1ccc(F)c(CN2CCC[C@H](c3n[nH]c(=O)cc3-c3cc(C)no3)C2)c1. The third-order valence-corrected chi connectivity index (χ3v) is 5.27. The van der Waals surface area contributed by atoms with E-state index in [1.807, 2.05) is 6.92 Å². The van der Waals surface area contributed by atoms with Gasteiger partial charge < -0.3 is 9.26 Å². The number of nitrogens with one attached hydrogen (secondary N) is 1. The fraction of sp³-hybridized carbons (Fsp3) is 0.381. The molecular formula is C21H23FN4O3. The highest BCUT2D eigenvalue weighted by atomic mass is 19.1. The summed E-state index contributed by atoms with van der Waals surface area (Å²) in [6, 6.07) is 8.09. The fourth-order valence-corrected chi connectivity index (χ4v) is 3.87. The Morgan fingerprint density at radius 1 is 1.34 bits per heavy atom. The Hall–Kier alpha value is -3.00. The number of nitrogens with zero attached hydrogens (tertiary/aromatic N) is 3.